The van der Waals surface area contributed by atoms with Crippen LogP contribution in [-0.4, -0.2) is 45.3 Å². The fraction of sp³-hybridized carbons (Fsp3) is 0.348. The lowest BCUT2D eigenvalue weighted by Gasteiger charge is -2.18. The van der Waals surface area contributed by atoms with Gasteiger partial charge in [-0.15, -0.1) is 16.4 Å². The summed E-state index contributed by atoms with van der Waals surface area (Å²) in [5.41, 5.74) is 2.31. The zero-order valence-corrected chi connectivity index (χ0v) is 21.1. The van der Waals surface area contributed by atoms with Crippen LogP contribution in [0.15, 0.2) is 34.2 Å². The number of hydrogen-bond donors (Lipinski definition) is 0. The fourth-order valence-corrected chi connectivity index (χ4v) is 6.78. The van der Waals surface area contributed by atoms with Gasteiger partial charge < -0.3 is 18.6 Å². The van der Waals surface area contributed by atoms with Gasteiger partial charge in [0.2, 0.25) is 4.96 Å². The fourth-order valence-electron chi connectivity index (χ4n) is 4.00. The van der Waals surface area contributed by atoms with Crippen molar-refractivity contribution < 1.29 is 18.6 Å². The summed E-state index contributed by atoms with van der Waals surface area (Å²) in [4.78, 5) is 10.2. The Kier molecular flexibility index (Phi) is 5.84. The average molecular weight is 515 g/mol. The average Bonchev–Trinajstić information content (AvgIpc) is 3.65. The predicted molar refractivity (Wildman–Crippen MR) is 135 cm³/mol. The van der Waals surface area contributed by atoms with E-state index >= 15 is 0 Å². The van der Waals surface area contributed by atoms with Crippen LogP contribution in [0.25, 0.3) is 27.4 Å². The minimum atomic E-state index is 0.394. The van der Waals surface area contributed by atoms with E-state index in [1.807, 2.05) is 36.2 Å². The number of nitrogens with zero attached hydrogens (tertiary/aromatic N) is 4. The van der Waals surface area contributed by atoms with Gasteiger partial charge in [0.05, 0.1) is 36.5 Å². The SMILES string of the molecule is COc1cc(OCc2csc(C3CCSCC3)n2)c2cc(-c3cn4nc(OC)sc4n3)oc2c1. The van der Waals surface area contributed by atoms with Crippen LogP contribution in [0.5, 0.6) is 16.7 Å². The summed E-state index contributed by atoms with van der Waals surface area (Å²) in [7, 11) is 3.22. The number of thiazole rings is 1. The number of methoxy groups -OCH3 is 2. The summed E-state index contributed by atoms with van der Waals surface area (Å²) in [6.45, 7) is 0.394. The van der Waals surface area contributed by atoms with E-state index in [9.17, 15) is 0 Å². The Morgan fingerprint density at radius 1 is 1.12 bits per heavy atom. The molecule has 11 heteroatoms. The quantitative estimate of drug-likeness (QED) is 0.267. The first-order valence-corrected chi connectivity index (χ1v) is 13.7. The molecule has 0 radical (unpaired) electrons. The van der Waals surface area contributed by atoms with Crippen LogP contribution in [-0.2, 0) is 6.61 Å². The van der Waals surface area contributed by atoms with Gasteiger partial charge in [0.1, 0.15) is 29.4 Å². The second-order valence-electron chi connectivity index (χ2n) is 7.93. The molecule has 34 heavy (non-hydrogen) atoms. The Morgan fingerprint density at radius 3 is 2.79 bits per heavy atom. The summed E-state index contributed by atoms with van der Waals surface area (Å²) in [6.07, 6.45) is 4.24. The molecule has 1 fully saturated rings. The van der Waals surface area contributed by atoms with Crippen LogP contribution in [0.2, 0.25) is 0 Å². The number of thioether (sulfide) groups is 1. The summed E-state index contributed by atoms with van der Waals surface area (Å²) >= 11 is 5.15. The summed E-state index contributed by atoms with van der Waals surface area (Å²) in [5.74, 6) is 5.01. The first-order chi connectivity index (χ1) is 16.7. The molecule has 0 N–H and O–H groups in total. The van der Waals surface area contributed by atoms with E-state index in [2.05, 4.69) is 15.5 Å². The molecule has 0 atom stereocenters. The monoisotopic (exact) mass is 514 g/mol. The third-order valence-corrected chi connectivity index (χ3v) is 8.76. The van der Waals surface area contributed by atoms with E-state index in [-0.39, 0.29) is 0 Å². The largest absolute Gasteiger partial charge is 0.496 e. The van der Waals surface area contributed by atoms with Crippen LogP contribution in [0.3, 0.4) is 0 Å². The molecule has 6 rings (SSSR count). The maximum atomic E-state index is 6.22. The van der Waals surface area contributed by atoms with Crippen LogP contribution in [0, 0.1) is 0 Å². The highest BCUT2D eigenvalue weighted by Gasteiger charge is 2.20. The summed E-state index contributed by atoms with van der Waals surface area (Å²) in [6, 6.07) is 5.68. The molecule has 0 unspecified atom stereocenters. The maximum Gasteiger partial charge on any atom is 0.294 e. The molecule has 4 aromatic heterocycles. The number of aromatic nitrogens is 4. The van der Waals surface area contributed by atoms with Crippen molar-refractivity contribution in [1.82, 2.24) is 19.6 Å². The molecule has 0 saturated carbocycles. The molecule has 0 aliphatic carbocycles. The lowest BCUT2D eigenvalue weighted by Crippen LogP contribution is -2.07. The molecule has 5 aromatic rings. The van der Waals surface area contributed by atoms with Crippen molar-refractivity contribution in [2.45, 2.75) is 25.4 Å². The lowest BCUT2D eigenvalue weighted by atomic mass is 10.0. The van der Waals surface area contributed by atoms with Crippen molar-refractivity contribution >= 4 is 50.4 Å². The number of hydrogen-bond acceptors (Lipinski definition) is 10. The van der Waals surface area contributed by atoms with Gasteiger partial charge in [-0.25, -0.2) is 14.5 Å². The van der Waals surface area contributed by atoms with Gasteiger partial charge in [0, 0.05) is 23.4 Å². The summed E-state index contributed by atoms with van der Waals surface area (Å²) < 4.78 is 24.7. The van der Waals surface area contributed by atoms with Crippen LogP contribution in [0.1, 0.15) is 29.5 Å². The van der Waals surface area contributed by atoms with Crippen molar-refractivity contribution in [3.63, 3.8) is 0 Å². The molecule has 0 amide bonds. The summed E-state index contributed by atoms with van der Waals surface area (Å²) in [5, 5.41) is 9.08. The van der Waals surface area contributed by atoms with Gasteiger partial charge in [-0.3, -0.25) is 0 Å². The molecular weight excluding hydrogens is 492 g/mol. The molecule has 8 nitrogen and oxygen atoms in total. The van der Waals surface area contributed by atoms with Gasteiger partial charge >= 0.3 is 0 Å². The maximum absolute atomic E-state index is 6.22. The van der Waals surface area contributed by atoms with Crippen molar-refractivity contribution in [1.29, 1.82) is 0 Å². The minimum absolute atomic E-state index is 0.394. The van der Waals surface area contributed by atoms with E-state index in [0.29, 0.717) is 46.3 Å². The molecule has 176 valence electrons. The minimum Gasteiger partial charge on any atom is -0.496 e. The molecule has 0 spiro atoms. The predicted octanol–water partition coefficient (Wildman–Crippen LogP) is 5.87. The molecule has 5 heterocycles. The Bertz CT molecular complexity index is 1420. The number of benzene rings is 1. The van der Waals surface area contributed by atoms with Crippen molar-refractivity contribution in [2.75, 3.05) is 25.7 Å². The van der Waals surface area contributed by atoms with E-state index in [1.165, 1.54) is 40.7 Å². The highest BCUT2D eigenvalue weighted by molar-refractivity contribution is 7.99. The first-order valence-electron chi connectivity index (χ1n) is 10.9. The van der Waals surface area contributed by atoms with Gasteiger partial charge in [-0.2, -0.15) is 11.8 Å². The van der Waals surface area contributed by atoms with E-state index in [0.717, 1.165) is 16.0 Å². The van der Waals surface area contributed by atoms with Gasteiger partial charge in [-0.05, 0) is 41.8 Å². The van der Waals surface area contributed by atoms with Crippen molar-refractivity contribution in [3.8, 4) is 28.1 Å². The zero-order valence-electron chi connectivity index (χ0n) is 18.6. The standard InChI is InChI=1S/C23H22N4O4S3/c1-28-15-7-18(30-11-14-12-33-21(24-14)13-3-5-32-6-4-13)16-9-20(31-19(16)8-15)17-10-27-22(25-17)34-23(26-27)29-2/h7-10,12-13H,3-6,11H2,1-2H3. The van der Waals surface area contributed by atoms with Gasteiger partial charge in [-0.1, -0.05) is 0 Å². The molecule has 1 aliphatic rings. The van der Waals surface area contributed by atoms with Crippen molar-refractivity contribution in [3.05, 3.63) is 40.5 Å². The van der Waals surface area contributed by atoms with Crippen LogP contribution < -0.4 is 14.2 Å². The van der Waals surface area contributed by atoms with Gasteiger partial charge in [0.25, 0.3) is 5.19 Å². The molecular formula is C23H22N4O4S3. The van der Waals surface area contributed by atoms with Crippen LogP contribution >= 0.6 is 34.4 Å². The molecule has 1 saturated heterocycles. The third-order valence-electron chi connectivity index (χ3n) is 5.78. The van der Waals surface area contributed by atoms with Crippen LogP contribution in [0.4, 0.5) is 0 Å². The normalized spacial score (nSPS) is 14.8. The number of fused-ring (bicyclic) bond motifs is 2. The second-order valence-corrected chi connectivity index (χ2v) is 11.0. The van der Waals surface area contributed by atoms with E-state index in [1.54, 1.807) is 30.1 Å². The number of imidazole rings is 1. The Labute approximate surface area is 207 Å². The smallest absolute Gasteiger partial charge is 0.294 e. The number of ether oxygens (including phenoxy) is 3. The first kappa shape index (κ1) is 21.8. The third kappa shape index (κ3) is 4.12. The zero-order chi connectivity index (χ0) is 23.1. The Hall–Kier alpha value is -2.76. The number of furan rings is 1. The van der Waals surface area contributed by atoms with Gasteiger partial charge in [0.15, 0.2) is 5.76 Å². The topological polar surface area (TPSA) is 83.9 Å². The van der Waals surface area contributed by atoms with Crippen molar-refractivity contribution in [2.24, 2.45) is 0 Å². The molecule has 0 bridgehead atoms. The Balaban J connectivity index is 1.27. The molecule has 1 aliphatic heterocycles. The molecule has 1 aromatic carbocycles. The Morgan fingerprint density at radius 2 is 2.00 bits per heavy atom. The lowest BCUT2D eigenvalue weighted by molar-refractivity contribution is 0.303. The number of rotatable bonds is 7. The van der Waals surface area contributed by atoms with E-state index < -0.39 is 0 Å². The highest BCUT2D eigenvalue weighted by Crippen LogP contribution is 2.38. The van der Waals surface area contributed by atoms with E-state index in [4.69, 9.17) is 23.6 Å². The second kappa shape index (κ2) is 9.12. The highest BCUT2D eigenvalue weighted by atomic mass is 32.2.